The Labute approximate surface area is 87.1 Å². The van der Waals surface area contributed by atoms with Crippen molar-refractivity contribution in [3.05, 3.63) is 35.6 Å². The van der Waals surface area contributed by atoms with Gasteiger partial charge in [-0.25, -0.2) is 4.39 Å². The summed E-state index contributed by atoms with van der Waals surface area (Å²) in [6.07, 6.45) is 0.685. The zero-order chi connectivity index (χ0) is 10.8. The monoisotopic (exact) mass is 209 g/mol. The van der Waals surface area contributed by atoms with E-state index in [2.05, 4.69) is 0 Å². The van der Waals surface area contributed by atoms with Gasteiger partial charge in [0.25, 0.3) is 0 Å². The number of nitrogens with zero attached hydrogens (tertiary/aromatic N) is 1. The topological polar surface area (TPSA) is 40.5 Å². The molecule has 0 spiro atoms. The van der Waals surface area contributed by atoms with Crippen LogP contribution >= 0.6 is 0 Å². The minimum absolute atomic E-state index is 0.278. The van der Waals surface area contributed by atoms with Crippen molar-refractivity contribution >= 4 is 5.97 Å². The summed E-state index contributed by atoms with van der Waals surface area (Å²) in [5.41, 5.74) is 0.820. The van der Waals surface area contributed by atoms with E-state index in [9.17, 15) is 9.18 Å². The van der Waals surface area contributed by atoms with Gasteiger partial charge in [0.1, 0.15) is 11.9 Å². The van der Waals surface area contributed by atoms with E-state index < -0.39 is 12.0 Å². The molecule has 0 aliphatic carbocycles. The Hall–Kier alpha value is -1.42. The molecular weight excluding hydrogens is 197 g/mol. The summed E-state index contributed by atoms with van der Waals surface area (Å²) in [6.45, 7) is 1.28. The predicted molar refractivity (Wildman–Crippen MR) is 52.9 cm³/mol. The molecule has 1 fully saturated rings. The molecule has 0 amide bonds. The molecule has 2 rings (SSSR count). The summed E-state index contributed by atoms with van der Waals surface area (Å²) in [7, 11) is 0. The number of aliphatic carboxylic acids is 1. The van der Waals surface area contributed by atoms with E-state index in [0.29, 0.717) is 13.0 Å². The lowest BCUT2D eigenvalue weighted by atomic mass is 10.0. The third-order valence-corrected chi connectivity index (χ3v) is 2.69. The van der Waals surface area contributed by atoms with Gasteiger partial charge in [0, 0.05) is 13.1 Å². The molecule has 1 atom stereocenters. The first-order valence-electron chi connectivity index (χ1n) is 4.88. The Balaban J connectivity index is 2.00. The predicted octanol–water partition coefficient (Wildman–Crippen LogP) is 1.48. The maximum atomic E-state index is 12.9. The first-order valence-corrected chi connectivity index (χ1v) is 4.88. The minimum atomic E-state index is -0.794. The van der Waals surface area contributed by atoms with Gasteiger partial charge in [-0.3, -0.25) is 9.69 Å². The fourth-order valence-electron chi connectivity index (χ4n) is 1.78. The maximum absolute atomic E-state index is 12.9. The minimum Gasteiger partial charge on any atom is -0.480 e. The van der Waals surface area contributed by atoms with Crippen molar-refractivity contribution in [3.63, 3.8) is 0 Å². The molecule has 1 N–H and O–H groups in total. The molecule has 1 unspecified atom stereocenters. The summed E-state index contributed by atoms with van der Waals surface area (Å²) in [5.74, 6) is -1.07. The fourth-order valence-corrected chi connectivity index (χ4v) is 1.78. The third-order valence-electron chi connectivity index (χ3n) is 2.69. The second-order valence-electron chi connectivity index (χ2n) is 3.74. The molecule has 0 bridgehead atoms. The van der Waals surface area contributed by atoms with Crippen molar-refractivity contribution < 1.29 is 14.3 Å². The molecule has 0 saturated carbocycles. The van der Waals surface area contributed by atoms with Gasteiger partial charge in [-0.15, -0.1) is 0 Å². The van der Waals surface area contributed by atoms with E-state index in [1.165, 1.54) is 12.1 Å². The van der Waals surface area contributed by atoms with Gasteiger partial charge < -0.3 is 5.11 Å². The quantitative estimate of drug-likeness (QED) is 0.819. The van der Waals surface area contributed by atoms with E-state index in [-0.39, 0.29) is 5.82 Å². The van der Waals surface area contributed by atoms with Crippen molar-refractivity contribution in [2.75, 3.05) is 6.54 Å². The standard InChI is InChI=1S/C11H12FNO2/c12-9-3-1-2-8(6-9)7-13-5-4-10(13)11(14)15/h1-3,6,10H,4-5,7H2,(H,14,15). The Bertz CT molecular complexity index is 381. The van der Waals surface area contributed by atoms with E-state index in [4.69, 9.17) is 5.11 Å². The van der Waals surface area contributed by atoms with Crippen LogP contribution in [0.15, 0.2) is 24.3 Å². The zero-order valence-electron chi connectivity index (χ0n) is 8.19. The first-order chi connectivity index (χ1) is 7.16. The smallest absolute Gasteiger partial charge is 0.320 e. The van der Waals surface area contributed by atoms with Gasteiger partial charge in [-0.05, 0) is 24.1 Å². The van der Waals surface area contributed by atoms with Crippen LogP contribution in [0, 0.1) is 5.82 Å². The summed E-state index contributed by atoms with van der Waals surface area (Å²) in [6, 6.07) is 5.87. The largest absolute Gasteiger partial charge is 0.480 e. The molecular formula is C11H12FNO2. The van der Waals surface area contributed by atoms with Crippen molar-refractivity contribution in [2.24, 2.45) is 0 Å². The molecule has 1 heterocycles. The Morgan fingerprint density at radius 2 is 2.40 bits per heavy atom. The Kier molecular flexibility index (Phi) is 2.68. The summed E-state index contributed by atoms with van der Waals surface area (Å²) in [4.78, 5) is 12.6. The highest BCUT2D eigenvalue weighted by Crippen LogP contribution is 2.20. The second kappa shape index (κ2) is 3.98. The summed E-state index contributed by atoms with van der Waals surface area (Å²) >= 11 is 0. The van der Waals surface area contributed by atoms with E-state index >= 15 is 0 Å². The Morgan fingerprint density at radius 1 is 1.60 bits per heavy atom. The molecule has 1 aromatic carbocycles. The number of hydrogen-bond donors (Lipinski definition) is 1. The molecule has 1 saturated heterocycles. The number of halogens is 1. The first kappa shape index (κ1) is 10.1. The van der Waals surface area contributed by atoms with E-state index in [1.54, 1.807) is 12.1 Å². The van der Waals surface area contributed by atoms with Crippen LogP contribution in [0.2, 0.25) is 0 Å². The van der Waals surface area contributed by atoms with E-state index in [0.717, 1.165) is 12.1 Å². The van der Waals surface area contributed by atoms with Crippen LogP contribution in [-0.2, 0) is 11.3 Å². The van der Waals surface area contributed by atoms with Crippen molar-refractivity contribution in [1.82, 2.24) is 4.90 Å². The normalized spacial score (nSPS) is 21.0. The number of hydrogen-bond acceptors (Lipinski definition) is 2. The highest BCUT2D eigenvalue weighted by molar-refractivity contribution is 5.74. The number of carboxylic acid groups (broad SMARTS) is 1. The maximum Gasteiger partial charge on any atom is 0.320 e. The van der Waals surface area contributed by atoms with Gasteiger partial charge in [0.05, 0.1) is 0 Å². The molecule has 1 aliphatic rings. The van der Waals surface area contributed by atoms with Crippen LogP contribution in [0.25, 0.3) is 0 Å². The zero-order valence-corrected chi connectivity index (χ0v) is 8.19. The molecule has 0 aromatic heterocycles. The van der Waals surface area contributed by atoms with Crippen LogP contribution in [0.4, 0.5) is 4.39 Å². The van der Waals surface area contributed by atoms with Gasteiger partial charge in [0.15, 0.2) is 0 Å². The SMILES string of the molecule is O=C(O)C1CCN1Cc1cccc(F)c1. The summed E-state index contributed by atoms with van der Waals surface area (Å²) in [5, 5.41) is 8.82. The number of carboxylic acids is 1. The van der Waals surface area contributed by atoms with Crippen LogP contribution in [0.1, 0.15) is 12.0 Å². The second-order valence-corrected chi connectivity index (χ2v) is 3.74. The highest BCUT2D eigenvalue weighted by atomic mass is 19.1. The van der Waals surface area contributed by atoms with Crippen molar-refractivity contribution in [1.29, 1.82) is 0 Å². The van der Waals surface area contributed by atoms with Gasteiger partial charge in [0.2, 0.25) is 0 Å². The van der Waals surface area contributed by atoms with Crippen LogP contribution < -0.4 is 0 Å². The number of likely N-dealkylation sites (tertiary alicyclic amines) is 1. The number of benzene rings is 1. The van der Waals surface area contributed by atoms with Crippen LogP contribution in [-0.4, -0.2) is 28.6 Å². The summed E-state index contributed by atoms with van der Waals surface area (Å²) < 4.78 is 12.9. The molecule has 1 aromatic rings. The van der Waals surface area contributed by atoms with Gasteiger partial charge >= 0.3 is 5.97 Å². The third kappa shape index (κ3) is 2.15. The molecule has 0 radical (unpaired) electrons. The van der Waals surface area contributed by atoms with Crippen molar-refractivity contribution in [3.8, 4) is 0 Å². The average molecular weight is 209 g/mol. The number of rotatable bonds is 3. The van der Waals surface area contributed by atoms with Gasteiger partial charge in [-0.2, -0.15) is 0 Å². The molecule has 3 nitrogen and oxygen atoms in total. The molecule has 4 heteroatoms. The fraction of sp³-hybridized carbons (Fsp3) is 0.364. The lowest BCUT2D eigenvalue weighted by Gasteiger charge is -2.37. The lowest BCUT2D eigenvalue weighted by molar-refractivity contribution is -0.148. The van der Waals surface area contributed by atoms with Crippen molar-refractivity contribution in [2.45, 2.75) is 19.0 Å². The van der Waals surface area contributed by atoms with E-state index in [1.807, 2.05) is 4.90 Å². The average Bonchev–Trinajstić information content (AvgIpc) is 2.11. The number of carbonyl (C=O) groups is 1. The van der Waals surface area contributed by atoms with Gasteiger partial charge in [-0.1, -0.05) is 12.1 Å². The Morgan fingerprint density at radius 3 is 2.93 bits per heavy atom. The molecule has 15 heavy (non-hydrogen) atoms. The highest BCUT2D eigenvalue weighted by Gasteiger charge is 2.33. The van der Waals surface area contributed by atoms with Crippen LogP contribution in [0.5, 0.6) is 0 Å². The van der Waals surface area contributed by atoms with Crippen LogP contribution in [0.3, 0.4) is 0 Å². The molecule has 80 valence electrons. The molecule has 1 aliphatic heterocycles. The lowest BCUT2D eigenvalue weighted by Crippen LogP contribution is -2.51.